The van der Waals surface area contributed by atoms with Crippen LogP contribution >= 0.6 is 0 Å². The lowest BCUT2D eigenvalue weighted by atomic mass is 10.1. The summed E-state index contributed by atoms with van der Waals surface area (Å²) >= 11 is 0. The first-order valence-electron chi connectivity index (χ1n) is 6.36. The van der Waals surface area contributed by atoms with Gasteiger partial charge in [-0.05, 0) is 42.3 Å². The Kier molecular flexibility index (Phi) is 4.91. The molecule has 0 spiro atoms. The Morgan fingerprint density at radius 1 is 1.10 bits per heavy atom. The maximum absolute atomic E-state index is 13.1. The molecule has 2 nitrogen and oxygen atoms in total. The SMILES string of the molecule is Cc1ccc(OCc2cc(F)cc(F)c2)c(C#CCO)c1. The van der Waals surface area contributed by atoms with E-state index in [2.05, 4.69) is 11.8 Å². The molecule has 0 fully saturated rings. The zero-order chi connectivity index (χ0) is 15.2. The van der Waals surface area contributed by atoms with Crippen molar-refractivity contribution < 1.29 is 18.6 Å². The molecule has 0 aliphatic rings. The number of aliphatic hydroxyl groups is 1. The standard InChI is InChI=1S/C17H14F2O2/c1-12-4-5-17(14(7-12)3-2-6-20)21-11-13-8-15(18)10-16(19)9-13/h4-5,7-10,20H,6,11H2,1H3. The second-order valence-corrected chi connectivity index (χ2v) is 4.53. The predicted octanol–water partition coefficient (Wildman–Crippen LogP) is 3.20. The lowest BCUT2D eigenvalue weighted by Gasteiger charge is -2.09. The molecule has 2 aromatic rings. The molecule has 0 atom stereocenters. The van der Waals surface area contributed by atoms with Gasteiger partial charge >= 0.3 is 0 Å². The average molecular weight is 288 g/mol. The molecule has 2 rings (SSSR count). The Labute approximate surface area is 122 Å². The van der Waals surface area contributed by atoms with Crippen molar-refractivity contribution in [1.29, 1.82) is 0 Å². The van der Waals surface area contributed by atoms with Crippen LogP contribution in [0.1, 0.15) is 16.7 Å². The molecule has 108 valence electrons. The lowest BCUT2D eigenvalue weighted by Crippen LogP contribution is -1.99. The molecule has 0 aliphatic carbocycles. The molecule has 0 saturated carbocycles. The molecule has 2 aromatic carbocycles. The number of ether oxygens (including phenoxy) is 1. The van der Waals surface area contributed by atoms with Crippen LogP contribution in [0.15, 0.2) is 36.4 Å². The van der Waals surface area contributed by atoms with Crippen molar-refractivity contribution in [2.24, 2.45) is 0 Å². The van der Waals surface area contributed by atoms with Crippen molar-refractivity contribution in [3.05, 3.63) is 64.7 Å². The maximum Gasteiger partial charge on any atom is 0.135 e. The highest BCUT2D eigenvalue weighted by Gasteiger charge is 2.05. The topological polar surface area (TPSA) is 29.5 Å². The Morgan fingerprint density at radius 2 is 1.81 bits per heavy atom. The molecule has 0 radical (unpaired) electrons. The minimum Gasteiger partial charge on any atom is -0.488 e. The molecule has 21 heavy (non-hydrogen) atoms. The maximum atomic E-state index is 13.1. The van der Waals surface area contributed by atoms with Crippen molar-refractivity contribution in [2.75, 3.05) is 6.61 Å². The van der Waals surface area contributed by atoms with Gasteiger partial charge in [-0.3, -0.25) is 0 Å². The van der Waals surface area contributed by atoms with Crippen molar-refractivity contribution in [1.82, 2.24) is 0 Å². The summed E-state index contributed by atoms with van der Waals surface area (Å²) in [5, 5.41) is 8.76. The van der Waals surface area contributed by atoms with Gasteiger partial charge in [0, 0.05) is 6.07 Å². The summed E-state index contributed by atoms with van der Waals surface area (Å²) in [5.41, 5.74) is 2.02. The quantitative estimate of drug-likeness (QED) is 0.879. The minimum atomic E-state index is -0.641. The molecule has 0 heterocycles. The average Bonchev–Trinajstić information content (AvgIpc) is 2.43. The number of halogens is 2. The van der Waals surface area contributed by atoms with Gasteiger partial charge in [-0.2, -0.15) is 0 Å². The summed E-state index contributed by atoms with van der Waals surface area (Å²) in [6.45, 7) is 1.70. The largest absolute Gasteiger partial charge is 0.488 e. The van der Waals surface area contributed by atoms with Gasteiger partial charge in [0.1, 0.15) is 30.6 Å². The van der Waals surface area contributed by atoms with Crippen molar-refractivity contribution in [3.8, 4) is 17.6 Å². The third-order valence-electron chi connectivity index (χ3n) is 2.75. The summed E-state index contributed by atoms with van der Waals surface area (Å²) in [5.74, 6) is 4.57. The van der Waals surface area contributed by atoms with Crippen LogP contribution in [0.5, 0.6) is 5.75 Å². The molecule has 0 saturated heterocycles. The number of rotatable bonds is 3. The first-order chi connectivity index (χ1) is 10.1. The highest BCUT2D eigenvalue weighted by molar-refractivity contribution is 5.48. The molecule has 0 bridgehead atoms. The number of hydrogen-bond acceptors (Lipinski definition) is 2. The monoisotopic (exact) mass is 288 g/mol. The number of hydrogen-bond donors (Lipinski definition) is 1. The number of aliphatic hydroxyl groups excluding tert-OH is 1. The summed E-state index contributed by atoms with van der Waals surface area (Å²) in [7, 11) is 0. The van der Waals surface area contributed by atoms with Crippen LogP contribution in [0.2, 0.25) is 0 Å². The summed E-state index contributed by atoms with van der Waals surface area (Å²) in [4.78, 5) is 0. The van der Waals surface area contributed by atoms with Gasteiger partial charge in [0.15, 0.2) is 0 Å². The van der Waals surface area contributed by atoms with Crippen LogP contribution in [-0.2, 0) is 6.61 Å². The van der Waals surface area contributed by atoms with Gasteiger partial charge in [-0.25, -0.2) is 8.78 Å². The van der Waals surface area contributed by atoms with Crippen LogP contribution in [0.25, 0.3) is 0 Å². The van der Waals surface area contributed by atoms with Crippen LogP contribution in [-0.4, -0.2) is 11.7 Å². The van der Waals surface area contributed by atoms with E-state index in [1.54, 1.807) is 6.07 Å². The van der Waals surface area contributed by atoms with Gasteiger partial charge in [0.05, 0.1) is 5.56 Å². The Morgan fingerprint density at radius 3 is 2.48 bits per heavy atom. The second kappa shape index (κ2) is 6.87. The fourth-order valence-electron chi connectivity index (χ4n) is 1.86. The molecule has 1 N–H and O–H groups in total. The van der Waals surface area contributed by atoms with E-state index < -0.39 is 11.6 Å². The zero-order valence-corrected chi connectivity index (χ0v) is 11.5. The normalized spacial score (nSPS) is 9.90. The highest BCUT2D eigenvalue weighted by atomic mass is 19.1. The van der Waals surface area contributed by atoms with Gasteiger partial charge in [-0.15, -0.1) is 0 Å². The van der Waals surface area contributed by atoms with Crippen molar-refractivity contribution >= 4 is 0 Å². The van der Waals surface area contributed by atoms with E-state index in [0.29, 0.717) is 16.9 Å². The first-order valence-corrected chi connectivity index (χ1v) is 6.36. The minimum absolute atomic E-state index is 0.0333. The fourth-order valence-corrected chi connectivity index (χ4v) is 1.86. The van der Waals surface area contributed by atoms with Gasteiger partial charge in [0.2, 0.25) is 0 Å². The molecular weight excluding hydrogens is 274 g/mol. The summed E-state index contributed by atoms with van der Waals surface area (Å²) < 4.78 is 31.8. The van der Waals surface area contributed by atoms with E-state index in [1.807, 2.05) is 19.1 Å². The number of benzene rings is 2. The molecule has 0 amide bonds. The second-order valence-electron chi connectivity index (χ2n) is 4.53. The Bertz CT molecular complexity index is 679. The van der Waals surface area contributed by atoms with Gasteiger partial charge < -0.3 is 9.84 Å². The van der Waals surface area contributed by atoms with Crippen molar-refractivity contribution in [2.45, 2.75) is 13.5 Å². The zero-order valence-electron chi connectivity index (χ0n) is 11.5. The Hall–Kier alpha value is -2.38. The third kappa shape index (κ3) is 4.30. The van der Waals surface area contributed by atoms with E-state index in [-0.39, 0.29) is 13.2 Å². The van der Waals surface area contributed by atoms with Gasteiger partial charge in [0.25, 0.3) is 0 Å². The van der Waals surface area contributed by atoms with Gasteiger partial charge in [-0.1, -0.05) is 17.9 Å². The first kappa shape index (κ1) is 15.0. The van der Waals surface area contributed by atoms with Crippen LogP contribution < -0.4 is 4.74 Å². The van der Waals surface area contributed by atoms with E-state index in [1.165, 1.54) is 12.1 Å². The van der Waals surface area contributed by atoms with Crippen molar-refractivity contribution in [3.63, 3.8) is 0 Å². The van der Waals surface area contributed by atoms with Crippen LogP contribution in [0.3, 0.4) is 0 Å². The van der Waals surface area contributed by atoms with E-state index in [0.717, 1.165) is 11.6 Å². The van der Waals surface area contributed by atoms with E-state index in [9.17, 15) is 8.78 Å². The smallest absolute Gasteiger partial charge is 0.135 e. The molecule has 0 aromatic heterocycles. The number of aryl methyl sites for hydroxylation is 1. The molecular formula is C17H14F2O2. The summed E-state index contributed by atoms with van der Waals surface area (Å²) in [6.07, 6.45) is 0. The molecule has 0 aliphatic heterocycles. The van der Waals surface area contributed by atoms with Crippen LogP contribution in [0, 0.1) is 30.4 Å². The van der Waals surface area contributed by atoms with E-state index >= 15 is 0 Å². The molecule has 4 heteroatoms. The highest BCUT2D eigenvalue weighted by Crippen LogP contribution is 2.21. The molecule has 0 unspecified atom stereocenters. The predicted molar refractivity (Wildman–Crippen MR) is 75.8 cm³/mol. The lowest BCUT2D eigenvalue weighted by molar-refractivity contribution is 0.304. The fraction of sp³-hybridized carbons (Fsp3) is 0.176. The Balaban J connectivity index is 2.19. The van der Waals surface area contributed by atoms with Crippen LogP contribution in [0.4, 0.5) is 8.78 Å². The van der Waals surface area contributed by atoms with E-state index in [4.69, 9.17) is 9.84 Å². The third-order valence-corrected chi connectivity index (χ3v) is 2.75. The summed E-state index contributed by atoms with van der Waals surface area (Å²) in [6, 6.07) is 8.67.